The van der Waals surface area contributed by atoms with E-state index in [-0.39, 0.29) is 11.1 Å². The molecule has 0 aliphatic carbocycles. The van der Waals surface area contributed by atoms with E-state index >= 15 is 0 Å². The lowest BCUT2D eigenvalue weighted by molar-refractivity contribution is 1.11. The van der Waals surface area contributed by atoms with Crippen molar-refractivity contribution in [3.8, 4) is 11.3 Å². The smallest absolute Gasteiger partial charge is 0.0705 e. The Bertz CT molecular complexity index is 1440. The minimum Gasteiger partial charge on any atom is -0.256 e. The van der Waals surface area contributed by atoms with Crippen molar-refractivity contribution < 1.29 is 6.85 Å². The van der Waals surface area contributed by atoms with E-state index in [2.05, 4.69) is 17.1 Å². The van der Waals surface area contributed by atoms with Crippen molar-refractivity contribution in [3.05, 3.63) is 102 Å². The van der Waals surface area contributed by atoms with Crippen molar-refractivity contribution in [2.75, 3.05) is 0 Å². The molecule has 2 heterocycles. The molecule has 1 nitrogen and oxygen atoms in total. The third-order valence-corrected chi connectivity index (χ3v) is 5.78. The number of fused-ring (bicyclic) bond motifs is 3. The van der Waals surface area contributed by atoms with Gasteiger partial charge in [0.15, 0.2) is 0 Å². The first kappa shape index (κ1) is 11.7. The Kier molecular flexibility index (Phi) is 2.87. The zero-order valence-corrected chi connectivity index (χ0v) is 15.3. The molecule has 0 N–H and O–H groups in total. The van der Waals surface area contributed by atoms with Gasteiger partial charge in [0.25, 0.3) is 0 Å². The summed E-state index contributed by atoms with van der Waals surface area (Å²) in [7, 11) is 0. The fourth-order valence-electron chi connectivity index (χ4n) is 3.28. The molecule has 27 heavy (non-hydrogen) atoms. The van der Waals surface area contributed by atoms with Crippen LogP contribution in [0.25, 0.3) is 31.4 Å². The topological polar surface area (TPSA) is 12.9 Å². The molecule has 0 spiro atoms. The molecule has 2 aromatic heterocycles. The van der Waals surface area contributed by atoms with Crippen LogP contribution < -0.4 is 0 Å². The van der Waals surface area contributed by atoms with Gasteiger partial charge < -0.3 is 0 Å². The fourth-order valence-corrected chi connectivity index (χ4v) is 4.36. The molecular weight excluding hydrogens is 346 g/mol. The van der Waals surface area contributed by atoms with Crippen LogP contribution in [0.2, 0.25) is 0 Å². The summed E-state index contributed by atoms with van der Waals surface area (Å²) in [5.41, 5.74) is 1.76. The molecule has 0 fully saturated rings. The number of thiophene rings is 1. The Hall–Kier alpha value is -2.97. The Morgan fingerprint density at radius 1 is 0.889 bits per heavy atom. The monoisotopic (exact) mass is 370 g/mol. The zero-order valence-electron chi connectivity index (χ0n) is 19.4. The van der Waals surface area contributed by atoms with E-state index in [1.807, 2.05) is 30.3 Å². The minimum absolute atomic E-state index is 0.0216. The number of pyridine rings is 1. The molecule has 130 valence electrons. The normalized spacial score (nSPS) is 15.0. The summed E-state index contributed by atoms with van der Waals surface area (Å²) in [6.45, 7) is -2.48. The second-order valence-electron chi connectivity index (χ2n) is 6.42. The summed E-state index contributed by atoms with van der Waals surface area (Å²) in [5.74, 6) is 0. The lowest BCUT2D eigenvalue weighted by Crippen LogP contribution is -1.95. The van der Waals surface area contributed by atoms with E-state index in [9.17, 15) is 0 Å². The maximum absolute atomic E-state index is 8.66. The molecule has 0 radical (unpaired) electrons. The molecule has 0 unspecified atom stereocenters. The van der Waals surface area contributed by atoms with Crippen molar-refractivity contribution in [1.82, 2.24) is 4.98 Å². The SMILES string of the molecule is [2H]C([2H])([2H])c1cc(-c2ccc3sc4ccccc4c3c2)ncc1C([2H])([2H])c1ccccc1. The van der Waals surface area contributed by atoms with Gasteiger partial charge in [-0.2, -0.15) is 0 Å². The Morgan fingerprint density at radius 3 is 2.59 bits per heavy atom. The predicted molar refractivity (Wildman–Crippen MR) is 117 cm³/mol. The van der Waals surface area contributed by atoms with E-state index in [4.69, 9.17) is 6.85 Å². The van der Waals surface area contributed by atoms with Crippen molar-refractivity contribution in [3.63, 3.8) is 0 Å². The number of aryl methyl sites for hydroxylation is 1. The summed E-state index contributed by atoms with van der Waals surface area (Å²) < 4.78 is 43.9. The lowest BCUT2D eigenvalue weighted by Gasteiger charge is -2.09. The van der Waals surface area contributed by atoms with Crippen molar-refractivity contribution in [2.24, 2.45) is 0 Å². The third kappa shape index (κ3) is 3.02. The number of benzene rings is 3. The van der Waals surface area contributed by atoms with Gasteiger partial charge in [-0.25, -0.2) is 0 Å². The summed E-state index contributed by atoms with van der Waals surface area (Å²) in [5, 5.41) is 2.26. The van der Waals surface area contributed by atoms with Gasteiger partial charge in [-0.1, -0.05) is 54.6 Å². The highest BCUT2D eigenvalue weighted by molar-refractivity contribution is 7.25. The summed E-state index contributed by atoms with van der Waals surface area (Å²) in [6.07, 6.45) is -0.607. The predicted octanol–water partition coefficient (Wildman–Crippen LogP) is 7.02. The van der Waals surface area contributed by atoms with Gasteiger partial charge in [-0.3, -0.25) is 4.98 Å². The summed E-state index contributed by atoms with van der Waals surface area (Å²) in [6, 6.07) is 24.3. The van der Waals surface area contributed by atoms with Gasteiger partial charge >= 0.3 is 0 Å². The maximum atomic E-state index is 8.66. The van der Waals surface area contributed by atoms with Crippen LogP contribution in [0.4, 0.5) is 0 Å². The first-order valence-electron chi connectivity index (χ1n) is 11.2. The number of nitrogens with zero attached hydrogens (tertiary/aromatic N) is 1. The van der Waals surface area contributed by atoms with Gasteiger partial charge in [-0.15, -0.1) is 11.3 Å². The zero-order chi connectivity index (χ0) is 22.5. The van der Waals surface area contributed by atoms with Crippen LogP contribution in [0.15, 0.2) is 85.1 Å². The molecule has 3 aromatic carbocycles. The number of hydrogen-bond acceptors (Lipinski definition) is 2. The van der Waals surface area contributed by atoms with Gasteiger partial charge in [0.05, 0.1) is 5.69 Å². The lowest BCUT2D eigenvalue weighted by atomic mass is 10.00. The highest BCUT2D eigenvalue weighted by Crippen LogP contribution is 2.36. The Labute approximate surface area is 170 Å². The molecule has 0 aliphatic heterocycles. The molecule has 5 aromatic rings. The van der Waals surface area contributed by atoms with Crippen LogP contribution >= 0.6 is 11.3 Å². The summed E-state index contributed by atoms with van der Waals surface area (Å²) in [4.78, 5) is 4.50. The van der Waals surface area contributed by atoms with Crippen molar-refractivity contribution >= 4 is 31.5 Å². The first-order valence-corrected chi connectivity index (χ1v) is 9.55. The van der Waals surface area contributed by atoms with Crippen LogP contribution in [-0.2, 0) is 6.37 Å². The van der Waals surface area contributed by atoms with Crippen LogP contribution in [-0.4, -0.2) is 4.98 Å². The Morgan fingerprint density at radius 2 is 1.70 bits per heavy atom. The standard InChI is InChI=1S/C25H19NS/c1-17-13-23(26-16-20(17)14-18-7-3-2-4-8-18)19-11-12-25-22(15-19)21-9-5-6-10-24(21)27-25/h2-13,15-16H,14H2,1H3/i1D3,14D2. The number of rotatable bonds is 3. The Balaban J connectivity index is 1.67. The van der Waals surface area contributed by atoms with E-state index in [1.54, 1.807) is 41.7 Å². The maximum Gasteiger partial charge on any atom is 0.0705 e. The van der Waals surface area contributed by atoms with Crippen LogP contribution in [0.3, 0.4) is 0 Å². The van der Waals surface area contributed by atoms with Crippen LogP contribution in [0.1, 0.15) is 23.5 Å². The van der Waals surface area contributed by atoms with E-state index in [0.29, 0.717) is 11.3 Å². The van der Waals surface area contributed by atoms with Crippen molar-refractivity contribution in [1.29, 1.82) is 0 Å². The molecule has 0 saturated heterocycles. The average Bonchev–Trinajstić information content (AvgIpc) is 3.16. The van der Waals surface area contributed by atoms with E-state index < -0.39 is 13.2 Å². The first-order chi connectivity index (χ1) is 15.2. The fraction of sp³-hybridized carbons (Fsp3) is 0.0800. The number of hydrogen-bond donors (Lipinski definition) is 0. The van der Waals surface area contributed by atoms with E-state index in [1.165, 1.54) is 17.0 Å². The molecule has 0 amide bonds. The van der Waals surface area contributed by atoms with Gasteiger partial charge in [-0.05, 0) is 54.2 Å². The quantitative estimate of drug-likeness (QED) is 0.333. The minimum atomic E-state index is -2.48. The van der Waals surface area contributed by atoms with Gasteiger partial charge in [0, 0.05) is 38.8 Å². The highest BCUT2D eigenvalue weighted by atomic mass is 32.1. The molecular formula is C25H19NS. The molecule has 0 saturated carbocycles. The van der Waals surface area contributed by atoms with Gasteiger partial charge in [0.2, 0.25) is 0 Å². The highest BCUT2D eigenvalue weighted by Gasteiger charge is 2.09. The third-order valence-electron chi connectivity index (χ3n) is 4.63. The second-order valence-corrected chi connectivity index (χ2v) is 7.50. The van der Waals surface area contributed by atoms with E-state index in [0.717, 1.165) is 21.0 Å². The van der Waals surface area contributed by atoms with Gasteiger partial charge in [0.1, 0.15) is 0 Å². The molecule has 2 heteroatoms. The van der Waals surface area contributed by atoms with Crippen LogP contribution in [0, 0.1) is 6.85 Å². The second kappa shape index (κ2) is 6.64. The molecule has 0 aliphatic rings. The van der Waals surface area contributed by atoms with Crippen LogP contribution in [0.5, 0.6) is 0 Å². The average molecular weight is 371 g/mol. The molecule has 5 rings (SSSR count). The largest absolute Gasteiger partial charge is 0.256 e. The molecule has 0 atom stereocenters. The number of aromatic nitrogens is 1. The van der Waals surface area contributed by atoms with Crippen molar-refractivity contribution in [2.45, 2.75) is 13.2 Å². The molecule has 0 bridgehead atoms. The summed E-state index contributed by atoms with van der Waals surface area (Å²) >= 11 is 1.72.